The van der Waals surface area contributed by atoms with Crippen molar-refractivity contribution in [3.8, 4) is 0 Å². The first-order valence-corrected chi connectivity index (χ1v) is 13.5. The summed E-state index contributed by atoms with van der Waals surface area (Å²) >= 11 is 0. The number of ether oxygens (including phenoxy) is 2. The number of rotatable bonds is 5. The van der Waals surface area contributed by atoms with Gasteiger partial charge in [-0.3, -0.25) is 24.2 Å². The molecule has 1 atom stereocenters. The Bertz CT molecular complexity index is 1300. The van der Waals surface area contributed by atoms with Crippen LogP contribution in [0.15, 0.2) is 33.7 Å². The minimum Gasteiger partial charge on any atom is -0.461 e. The van der Waals surface area contributed by atoms with Gasteiger partial charge in [0.15, 0.2) is 0 Å². The number of nitrogens with one attached hydrogen (secondary N) is 1. The molecule has 2 aromatic rings. The first-order valence-electron chi connectivity index (χ1n) is 13.5. The average Bonchev–Trinajstić information content (AvgIpc) is 3.48. The summed E-state index contributed by atoms with van der Waals surface area (Å²) in [4.78, 5) is 60.4. The average molecular weight is 539 g/mol. The van der Waals surface area contributed by atoms with Gasteiger partial charge in [0.1, 0.15) is 23.2 Å². The SMILES string of the molecule is Cc1cc2cc(NC(=N[C@H]3CCCCN(CC(=O)N4CCCC4)C3=O)C3C(=O)OC(C)(C)OC3=O)ccc2o1. The number of carbonyl (C=O) groups excluding carboxylic acids is 4. The number of aliphatic imine (C=N–C) groups is 1. The van der Waals surface area contributed by atoms with Gasteiger partial charge < -0.3 is 29.0 Å². The molecule has 3 saturated heterocycles. The van der Waals surface area contributed by atoms with Gasteiger partial charge in [-0.25, -0.2) is 0 Å². The molecule has 4 heterocycles. The van der Waals surface area contributed by atoms with Crippen LogP contribution in [0.4, 0.5) is 5.69 Å². The van der Waals surface area contributed by atoms with Crippen molar-refractivity contribution >= 4 is 46.2 Å². The maximum absolute atomic E-state index is 13.6. The van der Waals surface area contributed by atoms with E-state index in [0.717, 1.165) is 30.4 Å². The van der Waals surface area contributed by atoms with Crippen molar-refractivity contribution in [3.63, 3.8) is 0 Å². The number of amides is 2. The fourth-order valence-corrected chi connectivity index (χ4v) is 5.28. The van der Waals surface area contributed by atoms with Gasteiger partial charge in [-0.15, -0.1) is 0 Å². The van der Waals surface area contributed by atoms with Crippen LogP contribution in [-0.4, -0.2) is 77.4 Å². The summed E-state index contributed by atoms with van der Waals surface area (Å²) in [6.07, 6.45) is 3.79. The third-order valence-corrected chi connectivity index (χ3v) is 7.18. The third-order valence-electron chi connectivity index (χ3n) is 7.18. The monoisotopic (exact) mass is 538 g/mol. The summed E-state index contributed by atoms with van der Waals surface area (Å²) in [5.41, 5.74) is 1.24. The van der Waals surface area contributed by atoms with E-state index in [2.05, 4.69) is 10.3 Å². The summed E-state index contributed by atoms with van der Waals surface area (Å²) in [6.45, 7) is 6.65. The van der Waals surface area contributed by atoms with Gasteiger partial charge in [0.2, 0.25) is 17.7 Å². The van der Waals surface area contributed by atoms with Crippen LogP contribution >= 0.6 is 0 Å². The second-order valence-electron chi connectivity index (χ2n) is 10.8. The lowest BCUT2D eigenvalue weighted by atomic mass is 10.0. The normalized spacial score (nSPS) is 22.6. The molecule has 208 valence electrons. The Hall–Kier alpha value is -3.89. The number of carbonyl (C=O) groups is 4. The van der Waals surface area contributed by atoms with E-state index in [0.29, 0.717) is 43.7 Å². The molecular formula is C28H34N4O7. The standard InChI is InChI=1S/C28H34N4O7/c1-17-14-18-15-19(9-10-21(18)37-17)29-24(23-26(35)38-28(2,3)39-27(23)36)30-20-8-4-5-13-32(25(20)34)16-22(33)31-11-6-7-12-31/h9-10,14-15,20,23H,4-8,11-13,16H2,1-3H3,(H,29,30)/t20-/m0/s1. The molecule has 5 rings (SSSR count). The van der Waals surface area contributed by atoms with Crippen molar-refractivity contribution < 1.29 is 33.1 Å². The van der Waals surface area contributed by atoms with Crippen LogP contribution in [0.25, 0.3) is 11.0 Å². The van der Waals surface area contributed by atoms with Crippen molar-refractivity contribution in [1.82, 2.24) is 9.80 Å². The number of likely N-dealkylation sites (tertiary alicyclic amines) is 2. The highest BCUT2D eigenvalue weighted by atomic mass is 16.7. The summed E-state index contributed by atoms with van der Waals surface area (Å²) in [7, 11) is 0. The minimum atomic E-state index is -1.49. The van der Waals surface area contributed by atoms with E-state index in [1.54, 1.807) is 28.0 Å². The van der Waals surface area contributed by atoms with Crippen molar-refractivity contribution in [2.75, 3.05) is 31.5 Å². The summed E-state index contributed by atoms with van der Waals surface area (Å²) in [6, 6.07) is 6.30. The van der Waals surface area contributed by atoms with Crippen molar-refractivity contribution in [1.29, 1.82) is 0 Å². The van der Waals surface area contributed by atoms with Crippen LogP contribution < -0.4 is 5.32 Å². The van der Waals surface area contributed by atoms with Crippen molar-refractivity contribution in [2.45, 2.75) is 64.7 Å². The molecule has 39 heavy (non-hydrogen) atoms. The Labute approximate surface area is 226 Å². The molecule has 2 amide bonds. The van der Waals surface area contributed by atoms with Gasteiger partial charge in [0.05, 0.1) is 6.54 Å². The molecular weight excluding hydrogens is 504 g/mol. The minimum absolute atomic E-state index is 0.00811. The predicted octanol–water partition coefficient (Wildman–Crippen LogP) is 3.01. The zero-order chi connectivity index (χ0) is 27.7. The molecule has 11 nitrogen and oxygen atoms in total. The molecule has 0 spiro atoms. The lowest BCUT2D eigenvalue weighted by molar-refractivity contribution is -0.235. The first kappa shape index (κ1) is 26.7. The van der Waals surface area contributed by atoms with Crippen LogP contribution in [0, 0.1) is 12.8 Å². The zero-order valence-corrected chi connectivity index (χ0v) is 22.5. The lowest BCUT2D eigenvalue weighted by Crippen LogP contribution is -2.51. The molecule has 3 aliphatic heterocycles. The van der Waals surface area contributed by atoms with Gasteiger partial charge in [0.25, 0.3) is 5.79 Å². The van der Waals surface area contributed by atoms with E-state index >= 15 is 0 Å². The fraction of sp³-hybridized carbons (Fsp3) is 0.536. The molecule has 3 fully saturated rings. The number of nitrogens with zero attached hydrogens (tertiary/aromatic N) is 3. The number of fused-ring (bicyclic) bond motifs is 1. The Morgan fingerprint density at radius 2 is 1.72 bits per heavy atom. The van der Waals surface area contributed by atoms with E-state index in [9.17, 15) is 19.2 Å². The summed E-state index contributed by atoms with van der Waals surface area (Å²) < 4.78 is 16.4. The van der Waals surface area contributed by atoms with Crippen LogP contribution in [0.1, 0.15) is 51.7 Å². The van der Waals surface area contributed by atoms with Crippen LogP contribution in [0.5, 0.6) is 0 Å². The topological polar surface area (TPSA) is 131 Å². The molecule has 0 bridgehead atoms. The number of anilines is 1. The molecule has 0 radical (unpaired) electrons. The first-order chi connectivity index (χ1) is 18.6. The highest BCUT2D eigenvalue weighted by molar-refractivity contribution is 6.21. The molecule has 1 aromatic heterocycles. The number of hydrogen-bond acceptors (Lipinski definition) is 8. The Kier molecular flexibility index (Phi) is 7.33. The van der Waals surface area contributed by atoms with E-state index in [1.807, 2.05) is 13.0 Å². The van der Waals surface area contributed by atoms with Gasteiger partial charge in [-0.1, -0.05) is 0 Å². The molecule has 0 aliphatic carbocycles. The second-order valence-corrected chi connectivity index (χ2v) is 10.8. The van der Waals surface area contributed by atoms with Crippen molar-refractivity contribution in [2.24, 2.45) is 10.9 Å². The molecule has 1 aromatic carbocycles. The lowest BCUT2D eigenvalue weighted by Gasteiger charge is -2.33. The van der Waals surface area contributed by atoms with Gasteiger partial charge >= 0.3 is 11.9 Å². The molecule has 11 heteroatoms. The number of esters is 2. The largest absolute Gasteiger partial charge is 0.461 e. The number of benzene rings is 1. The summed E-state index contributed by atoms with van der Waals surface area (Å²) in [5, 5.41) is 3.91. The quantitative estimate of drug-likeness (QED) is 0.266. The maximum Gasteiger partial charge on any atom is 0.331 e. The molecule has 0 saturated carbocycles. The van der Waals surface area contributed by atoms with Crippen molar-refractivity contribution in [3.05, 3.63) is 30.0 Å². The van der Waals surface area contributed by atoms with E-state index < -0.39 is 29.7 Å². The Morgan fingerprint density at radius 3 is 2.44 bits per heavy atom. The highest BCUT2D eigenvalue weighted by Crippen LogP contribution is 2.28. The van der Waals surface area contributed by atoms with Crippen LogP contribution in [0.2, 0.25) is 0 Å². The molecule has 3 aliphatic rings. The predicted molar refractivity (Wildman–Crippen MR) is 142 cm³/mol. The highest BCUT2D eigenvalue weighted by Gasteiger charge is 2.47. The molecule has 1 N–H and O–H groups in total. The van der Waals surface area contributed by atoms with Gasteiger partial charge in [-0.2, -0.15) is 0 Å². The molecule has 0 unspecified atom stereocenters. The van der Waals surface area contributed by atoms with E-state index in [-0.39, 0.29) is 24.2 Å². The number of aryl methyl sites for hydroxylation is 1. The number of cyclic esters (lactones) is 2. The Balaban J connectivity index is 1.45. The van der Waals surface area contributed by atoms with Crippen LogP contribution in [0.3, 0.4) is 0 Å². The second kappa shape index (κ2) is 10.7. The number of furan rings is 1. The van der Waals surface area contributed by atoms with E-state index in [1.165, 1.54) is 13.8 Å². The number of amidine groups is 1. The smallest absolute Gasteiger partial charge is 0.331 e. The van der Waals surface area contributed by atoms with Gasteiger partial charge in [-0.05, 0) is 63.3 Å². The summed E-state index contributed by atoms with van der Waals surface area (Å²) in [5.74, 6) is -4.21. The Morgan fingerprint density at radius 1 is 1.03 bits per heavy atom. The number of hydrogen-bond donors (Lipinski definition) is 1. The van der Waals surface area contributed by atoms with Gasteiger partial charge in [0, 0.05) is 44.6 Å². The van der Waals surface area contributed by atoms with Crippen LogP contribution in [-0.2, 0) is 28.7 Å². The zero-order valence-electron chi connectivity index (χ0n) is 22.5. The maximum atomic E-state index is 13.6. The van der Waals surface area contributed by atoms with E-state index in [4.69, 9.17) is 13.9 Å². The third kappa shape index (κ3) is 5.91. The fourth-order valence-electron chi connectivity index (χ4n) is 5.28.